The van der Waals surface area contributed by atoms with E-state index in [1.54, 1.807) is 12.3 Å². The Hall–Kier alpha value is -2.17. The lowest BCUT2D eigenvalue weighted by Crippen LogP contribution is -2.28. The molecule has 3 N–H and O–H groups in total. The smallest absolute Gasteiger partial charge is 0.223 e. The van der Waals surface area contributed by atoms with Crippen LogP contribution in [0, 0.1) is 5.92 Å². The Kier molecular flexibility index (Phi) is 5.09. The van der Waals surface area contributed by atoms with Crippen LogP contribution in [-0.4, -0.2) is 22.3 Å². The second-order valence-electron chi connectivity index (χ2n) is 5.35. The Bertz CT molecular complexity index is 553. The molecular weight excluding hydrogens is 264 g/mol. The van der Waals surface area contributed by atoms with Gasteiger partial charge in [0, 0.05) is 12.0 Å². The molecule has 0 radical (unpaired) electrons. The summed E-state index contributed by atoms with van der Waals surface area (Å²) in [6.45, 7) is 5.69. The van der Waals surface area contributed by atoms with Gasteiger partial charge in [-0.1, -0.05) is 25.2 Å². The minimum Gasteiger partial charge on any atom is -0.396 e. The van der Waals surface area contributed by atoms with Crippen LogP contribution < -0.4 is 11.1 Å². The molecular formula is C16H22N4O. The zero-order valence-electron chi connectivity index (χ0n) is 12.4. The zero-order chi connectivity index (χ0) is 15.2. The van der Waals surface area contributed by atoms with E-state index in [0.29, 0.717) is 17.3 Å². The van der Waals surface area contributed by atoms with Gasteiger partial charge in [0.25, 0.3) is 0 Å². The fraction of sp³-hybridized carbons (Fsp3) is 0.438. The third kappa shape index (κ3) is 3.68. The Labute approximate surface area is 125 Å². The number of allylic oxidation sites excluding steroid dienone is 3. The van der Waals surface area contributed by atoms with Gasteiger partial charge < -0.3 is 15.8 Å². The second kappa shape index (κ2) is 7.02. The van der Waals surface area contributed by atoms with Gasteiger partial charge in [-0.25, -0.2) is 9.97 Å². The SMILES string of the molecule is C=C/C(=C\C)c1nc(NC2CCCC(C=O)C2)ncc1N. The average molecular weight is 286 g/mol. The number of carbonyl (C=O) groups is 1. The lowest BCUT2D eigenvalue weighted by Gasteiger charge is -2.26. The molecule has 1 aromatic heterocycles. The van der Waals surface area contributed by atoms with Crippen molar-refractivity contribution in [3.8, 4) is 0 Å². The van der Waals surface area contributed by atoms with Gasteiger partial charge >= 0.3 is 0 Å². The van der Waals surface area contributed by atoms with Crippen molar-refractivity contribution >= 4 is 23.5 Å². The van der Waals surface area contributed by atoms with Crippen LogP contribution in [0.5, 0.6) is 0 Å². The first kappa shape index (κ1) is 15.2. The van der Waals surface area contributed by atoms with Crippen molar-refractivity contribution in [3.05, 3.63) is 30.6 Å². The van der Waals surface area contributed by atoms with Crippen molar-refractivity contribution in [1.29, 1.82) is 0 Å². The van der Waals surface area contributed by atoms with Gasteiger partial charge in [-0.3, -0.25) is 0 Å². The number of hydrogen-bond acceptors (Lipinski definition) is 5. The number of hydrogen-bond donors (Lipinski definition) is 2. The van der Waals surface area contributed by atoms with Crippen molar-refractivity contribution < 1.29 is 4.79 Å². The Morgan fingerprint density at radius 3 is 3.00 bits per heavy atom. The monoisotopic (exact) mass is 286 g/mol. The number of aldehydes is 1. The first-order valence-electron chi connectivity index (χ1n) is 7.31. The van der Waals surface area contributed by atoms with E-state index in [2.05, 4.69) is 21.9 Å². The van der Waals surface area contributed by atoms with Crippen LogP contribution in [0.2, 0.25) is 0 Å². The minimum atomic E-state index is 0.142. The zero-order valence-corrected chi connectivity index (χ0v) is 12.4. The van der Waals surface area contributed by atoms with Crippen LogP contribution in [-0.2, 0) is 4.79 Å². The summed E-state index contributed by atoms with van der Waals surface area (Å²) >= 11 is 0. The molecule has 1 saturated carbocycles. The van der Waals surface area contributed by atoms with Gasteiger partial charge in [-0.15, -0.1) is 0 Å². The largest absolute Gasteiger partial charge is 0.396 e. The molecule has 1 fully saturated rings. The molecule has 1 aliphatic carbocycles. The van der Waals surface area contributed by atoms with E-state index in [1.807, 2.05) is 13.0 Å². The number of nitrogens with one attached hydrogen (secondary N) is 1. The number of nitrogens with two attached hydrogens (primary N) is 1. The molecule has 0 bridgehead atoms. The number of aromatic nitrogens is 2. The van der Waals surface area contributed by atoms with Gasteiger partial charge in [0.15, 0.2) is 0 Å². The quantitative estimate of drug-likeness (QED) is 0.642. The third-order valence-corrected chi connectivity index (χ3v) is 3.86. The van der Waals surface area contributed by atoms with Crippen molar-refractivity contribution in [1.82, 2.24) is 9.97 Å². The van der Waals surface area contributed by atoms with Crippen molar-refractivity contribution in [2.75, 3.05) is 11.1 Å². The molecule has 1 aliphatic rings. The van der Waals surface area contributed by atoms with E-state index in [0.717, 1.165) is 37.5 Å². The summed E-state index contributed by atoms with van der Waals surface area (Å²) < 4.78 is 0. The Morgan fingerprint density at radius 2 is 2.33 bits per heavy atom. The standard InChI is InChI=1S/C16H22N4O/c1-3-12(4-2)15-14(17)9-18-16(20-15)19-13-7-5-6-11(8-13)10-21/h3-4,9-11,13H,1,5-8,17H2,2H3,(H,18,19,20)/b12-4+. The molecule has 0 spiro atoms. The lowest BCUT2D eigenvalue weighted by atomic mass is 9.87. The van der Waals surface area contributed by atoms with E-state index < -0.39 is 0 Å². The number of anilines is 2. The van der Waals surface area contributed by atoms with Gasteiger partial charge in [0.05, 0.1) is 17.6 Å². The molecule has 0 saturated heterocycles. The van der Waals surface area contributed by atoms with Gasteiger partial charge in [0.2, 0.25) is 5.95 Å². The Balaban J connectivity index is 2.15. The van der Waals surface area contributed by atoms with Crippen LogP contribution in [0.1, 0.15) is 38.3 Å². The summed E-state index contributed by atoms with van der Waals surface area (Å²) in [5.74, 6) is 0.695. The molecule has 5 heteroatoms. The molecule has 1 heterocycles. The van der Waals surface area contributed by atoms with E-state index in [1.165, 1.54) is 0 Å². The first-order chi connectivity index (χ1) is 10.2. The van der Waals surface area contributed by atoms with E-state index in [9.17, 15) is 4.79 Å². The highest BCUT2D eigenvalue weighted by Gasteiger charge is 2.22. The van der Waals surface area contributed by atoms with E-state index >= 15 is 0 Å². The van der Waals surface area contributed by atoms with Crippen LogP contribution in [0.4, 0.5) is 11.6 Å². The fourth-order valence-corrected chi connectivity index (χ4v) is 2.71. The lowest BCUT2D eigenvalue weighted by molar-refractivity contribution is -0.111. The summed E-state index contributed by atoms with van der Waals surface area (Å²) in [7, 11) is 0. The molecule has 1 aromatic rings. The maximum Gasteiger partial charge on any atom is 0.223 e. The molecule has 0 amide bonds. The number of nitrogen functional groups attached to an aromatic ring is 1. The topological polar surface area (TPSA) is 80.9 Å². The molecule has 2 unspecified atom stereocenters. The molecule has 21 heavy (non-hydrogen) atoms. The molecule has 0 aliphatic heterocycles. The molecule has 2 atom stereocenters. The minimum absolute atomic E-state index is 0.142. The number of nitrogens with zero attached hydrogens (tertiary/aromatic N) is 2. The van der Waals surface area contributed by atoms with E-state index in [4.69, 9.17) is 5.73 Å². The van der Waals surface area contributed by atoms with E-state index in [-0.39, 0.29) is 12.0 Å². The molecule has 0 aromatic carbocycles. The van der Waals surface area contributed by atoms with Gasteiger partial charge in [0.1, 0.15) is 6.29 Å². The van der Waals surface area contributed by atoms with Crippen molar-refractivity contribution in [2.24, 2.45) is 5.92 Å². The van der Waals surface area contributed by atoms with Crippen molar-refractivity contribution in [3.63, 3.8) is 0 Å². The molecule has 2 rings (SSSR count). The maximum atomic E-state index is 10.9. The predicted octanol–water partition coefficient (Wildman–Crippen LogP) is 2.82. The molecule has 5 nitrogen and oxygen atoms in total. The number of rotatable bonds is 5. The predicted molar refractivity (Wildman–Crippen MR) is 85.7 cm³/mol. The van der Waals surface area contributed by atoms with Crippen LogP contribution in [0.3, 0.4) is 0 Å². The van der Waals surface area contributed by atoms with Crippen LogP contribution in [0.25, 0.3) is 5.57 Å². The molecule has 112 valence electrons. The third-order valence-electron chi connectivity index (χ3n) is 3.86. The van der Waals surface area contributed by atoms with Gasteiger partial charge in [-0.05, 0) is 31.8 Å². The normalized spacial score (nSPS) is 22.6. The number of carbonyl (C=O) groups excluding carboxylic acids is 1. The summed E-state index contributed by atoms with van der Waals surface area (Å²) in [5.41, 5.74) is 8.03. The summed E-state index contributed by atoms with van der Waals surface area (Å²) in [5, 5.41) is 3.32. The summed E-state index contributed by atoms with van der Waals surface area (Å²) in [6.07, 6.45) is 10.2. The average Bonchev–Trinajstić information content (AvgIpc) is 2.51. The van der Waals surface area contributed by atoms with Crippen molar-refractivity contribution in [2.45, 2.75) is 38.6 Å². The first-order valence-corrected chi connectivity index (χ1v) is 7.31. The highest BCUT2D eigenvalue weighted by atomic mass is 16.1. The van der Waals surface area contributed by atoms with Gasteiger partial charge in [-0.2, -0.15) is 0 Å². The van der Waals surface area contributed by atoms with Crippen LogP contribution in [0.15, 0.2) is 24.9 Å². The summed E-state index contributed by atoms with van der Waals surface area (Å²) in [6, 6.07) is 0.239. The fourth-order valence-electron chi connectivity index (χ4n) is 2.71. The highest BCUT2D eigenvalue weighted by molar-refractivity contribution is 5.78. The highest BCUT2D eigenvalue weighted by Crippen LogP contribution is 2.26. The second-order valence-corrected chi connectivity index (χ2v) is 5.35. The van der Waals surface area contributed by atoms with Crippen LogP contribution >= 0.6 is 0 Å². The Morgan fingerprint density at radius 1 is 1.52 bits per heavy atom. The summed E-state index contributed by atoms with van der Waals surface area (Å²) in [4.78, 5) is 19.7. The maximum absolute atomic E-state index is 10.9.